The molecule has 1 saturated heterocycles. The molecule has 0 spiro atoms. The summed E-state index contributed by atoms with van der Waals surface area (Å²) >= 11 is 12.8. The van der Waals surface area contributed by atoms with E-state index >= 15 is 0 Å². The third-order valence-corrected chi connectivity index (χ3v) is 5.21. The number of ether oxygens (including phenoxy) is 1. The standard InChI is InChI=1S/C18H13Cl2NO4S/c1-25-15-6-10(2-5-14(15)22)7-16-17(23)21(18(24)26-16)9-11-3-4-12(19)8-13(11)20/h2-8,22H,9H2,1H3/b16-7-. The maximum atomic E-state index is 12.6. The van der Waals surface area contributed by atoms with Crippen LogP contribution >= 0.6 is 35.0 Å². The van der Waals surface area contributed by atoms with Gasteiger partial charge in [0.15, 0.2) is 11.5 Å². The van der Waals surface area contributed by atoms with Crippen LogP contribution in [-0.4, -0.2) is 28.3 Å². The second-order valence-corrected chi connectivity index (χ2v) is 7.27. The molecular weight excluding hydrogens is 397 g/mol. The Morgan fingerprint density at radius 3 is 2.65 bits per heavy atom. The van der Waals surface area contributed by atoms with E-state index in [1.807, 2.05) is 0 Å². The number of nitrogens with zero attached hydrogens (tertiary/aromatic N) is 1. The second kappa shape index (κ2) is 7.61. The highest BCUT2D eigenvalue weighted by molar-refractivity contribution is 8.18. The van der Waals surface area contributed by atoms with Crippen molar-refractivity contribution in [1.29, 1.82) is 0 Å². The molecular formula is C18H13Cl2NO4S. The predicted octanol–water partition coefficient (Wildman–Crippen LogP) is 4.94. The first-order valence-electron chi connectivity index (χ1n) is 7.45. The molecule has 8 heteroatoms. The number of phenols is 1. The molecule has 2 amide bonds. The summed E-state index contributed by atoms with van der Waals surface area (Å²) in [5.41, 5.74) is 1.26. The fourth-order valence-electron chi connectivity index (χ4n) is 2.39. The van der Waals surface area contributed by atoms with E-state index in [-0.39, 0.29) is 28.2 Å². The largest absolute Gasteiger partial charge is 0.504 e. The van der Waals surface area contributed by atoms with Gasteiger partial charge in [-0.3, -0.25) is 14.5 Å². The van der Waals surface area contributed by atoms with E-state index in [1.165, 1.54) is 13.2 Å². The molecule has 1 N–H and O–H groups in total. The van der Waals surface area contributed by atoms with Crippen molar-refractivity contribution in [1.82, 2.24) is 4.90 Å². The Morgan fingerprint density at radius 2 is 1.96 bits per heavy atom. The van der Waals surface area contributed by atoms with Crippen LogP contribution in [0.25, 0.3) is 6.08 Å². The number of imide groups is 1. The third kappa shape index (κ3) is 3.82. The van der Waals surface area contributed by atoms with E-state index in [0.717, 1.165) is 16.7 Å². The minimum Gasteiger partial charge on any atom is -0.504 e. The van der Waals surface area contributed by atoms with Gasteiger partial charge in [0.2, 0.25) is 0 Å². The van der Waals surface area contributed by atoms with Gasteiger partial charge >= 0.3 is 0 Å². The van der Waals surface area contributed by atoms with Crippen LogP contribution in [0.1, 0.15) is 11.1 Å². The molecule has 0 aromatic heterocycles. The van der Waals surface area contributed by atoms with E-state index in [2.05, 4.69) is 0 Å². The van der Waals surface area contributed by atoms with E-state index in [4.69, 9.17) is 27.9 Å². The van der Waals surface area contributed by atoms with Crippen LogP contribution < -0.4 is 4.74 Å². The Kier molecular flexibility index (Phi) is 5.46. The monoisotopic (exact) mass is 409 g/mol. The average molecular weight is 410 g/mol. The van der Waals surface area contributed by atoms with Crippen molar-refractivity contribution in [2.24, 2.45) is 0 Å². The van der Waals surface area contributed by atoms with Gasteiger partial charge in [0.1, 0.15) is 0 Å². The number of benzene rings is 2. The Labute approximate surface area is 164 Å². The molecule has 0 atom stereocenters. The molecule has 3 rings (SSSR count). The van der Waals surface area contributed by atoms with Crippen molar-refractivity contribution in [3.8, 4) is 11.5 Å². The van der Waals surface area contributed by atoms with Crippen LogP contribution in [0.4, 0.5) is 4.79 Å². The van der Waals surface area contributed by atoms with Gasteiger partial charge in [0.05, 0.1) is 18.6 Å². The molecule has 1 fully saturated rings. The fourth-order valence-corrected chi connectivity index (χ4v) is 3.70. The molecule has 1 aliphatic rings. The Morgan fingerprint density at radius 1 is 1.19 bits per heavy atom. The van der Waals surface area contributed by atoms with Gasteiger partial charge in [0.25, 0.3) is 11.1 Å². The highest BCUT2D eigenvalue weighted by Crippen LogP contribution is 2.35. The number of halogens is 2. The molecule has 1 aliphatic heterocycles. The molecule has 2 aromatic rings. The van der Waals surface area contributed by atoms with Gasteiger partial charge in [-0.2, -0.15) is 0 Å². The molecule has 2 aromatic carbocycles. The number of phenolic OH excluding ortho intramolecular Hbond substituents is 1. The van der Waals surface area contributed by atoms with Crippen LogP contribution in [0.15, 0.2) is 41.3 Å². The number of thioether (sulfide) groups is 1. The number of aromatic hydroxyl groups is 1. The zero-order valence-corrected chi connectivity index (χ0v) is 15.9. The first-order chi connectivity index (χ1) is 12.4. The normalized spacial score (nSPS) is 15.8. The lowest BCUT2D eigenvalue weighted by molar-refractivity contribution is -0.123. The van der Waals surface area contributed by atoms with Gasteiger partial charge in [-0.05, 0) is 53.2 Å². The minimum atomic E-state index is -0.405. The Hall–Kier alpha value is -2.15. The first kappa shape index (κ1) is 18.6. The lowest BCUT2D eigenvalue weighted by atomic mass is 10.1. The lowest BCUT2D eigenvalue weighted by Crippen LogP contribution is -2.27. The summed E-state index contributed by atoms with van der Waals surface area (Å²) in [4.78, 5) is 26.2. The van der Waals surface area contributed by atoms with E-state index in [0.29, 0.717) is 21.2 Å². The molecule has 134 valence electrons. The number of amides is 2. The molecule has 0 saturated carbocycles. The fraction of sp³-hybridized carbons (Fsp3) is 0.111. The second-order valence-electron chi connectivity index (χ2n) is 5.43. The van der Waals surface area contributed by atoms with Crippen LogP contribution in [0.2, 0.25) is 10.0 Å². The molecule has 1 heterocycles. The number of hydrogen-bond acceptors (Lipinski definition) is 5. The summed E-state index contributed by atoms with van der Waals surface area (Å²) < 4.78 is 5.05. The molecule has 5 nitrogen and oxygen atoms in total. The molecule has 0 bridgehead atoms. The van der Waals surface area contributed by atoms with E-state index in [9.17, 15) is 14.7 Å². The molecule has 0 radical (unpaired) electrons. The van der Waals surface area contributed by atoms with Crippen LogP contribution in [0.3, 0.4) is 0 Å². The highest BCUT2D eigenvalue weighted by Gasteiger charge is 2.35. The average Bonchev–Trinajstić information content (AvgIpc) is 2.86. The SMILES string of the molecule is COc1cc(/C=C2\SC(=O)N(Cc3ccc(Cl)cc3Cl)C2=O)ccc1O. The van der Waals surface area contributed by atoms with Crippen LogP contribution in [0, 0.1) is 0 Å². The van der Waals surface area contributed by atoms with E-state index in [1.54, 1.807) is 36.4 Å². The van der Waals surface area contributed by atoms with Crippen molar-refractivity contribution < 1.29 is 19.4 Å². The number of hydrogen-bond donors (Lipinski definition) is 1. The number of carbonyl (C=O) groups excluding carboxylic acids is 2. The van der Waals surface area contributed by atoms with Gasteiger partial charge in [-0.1, -0.05) is 35.3 Å². The van der Waals surface area contributed by atoms with Crippen molar-refractivity contribution >= 4 is 52.2 Å². The molecule has 0 aliphatic carbocycles. The third-order valence-electron chi connectivity index (χ3n) is 3.72. The van der Waals surface area contributed by atoms with Gasteiger partial charge in [-0.25, -0.2) is 0 Å². The van der Waals surface area contributed by atoms with Crippen molar-refractivity contribution in [3.63, 3.8) is 0 Å². The zero-order valence-electron chi connectivity index (χ0n) is 13.5. The lowest BCUT2D eigenvalue weighted by Gasteiger charge is -2.13. The zero-order chi connectivity index (χ0) is 18.8. The summed E-state index contributed by atoms with van der Waals surface area (Å²) in [6.07, 6.45) is 1.58. The predicted molar refractivity (Wildman–Crippen MR) is 103 cm³/mol. The minimum absolute atomic E-state index is 0.00450. The van der Waals surface area contributed by atoms with Gasteiger partial charge in [0, 0.05) is 10.0 Å². The summed E-state index contributed by atoms with van der Waals surface area (Å²) in [5.74, 6) is -0.126. The number of carbonyl (C=O) groups is 2. The quantitative estimate of drug-likeness (QED) is 0.723. The van der Waals surface area contributed by atoms with E-state index < -0.39 is 5.91 Å². The van der Waals surface area contributed by atoms with Crippen LogP contribution in [0.5, 0.6) is 11.5 Å². The smallest absolute Gasteiger partial charge is 0.293 e. The van der Waals surface area contributed by atoms with Crippen molar-refractivity contribution in [2.75, 3.05) is 7.11 Å². The topological polar surface area (TPSA) is 66.8 Å². The molecule has 26 heavy (non-hydrogen) atoms. The van der Waals surface area contributed by atoms with Gasteiger partial charge in [-0.15, -0.1) is 0 Å². The summed E-state index contributed by atoms with van der Waals surface area (Å²) in [6.45, 7) is 0.0664. The van der Waals surface area contributed by atoms with Crippen LogP contribution in [-0.2, 0) is 11.3 Å². The first-order valence-corrected chi connectivity index (χ1v) is 9.02. The summed E-state index contributed by atoms with van der Waals surface area (Å²) in [6, 6.07) is 9.57. The van der Waals surface area contributed by atoms with Crippen molar-refractivity contribution in [2.45, 2.75) is 6.54 Å². The number of methoxy groups -OCH3 is 1. The summed E-state index contributed by atoms with van der Waals surface area (Å²) in [7, 11) is 1.43. The maximum Gasteiger partial charge on any atom is 0.293 e. The van der Waals surface area contributed by atoms with Crippen molar-refractivity contribution in [3.05, 3.63) is 62.5 Å². The maximum absolute atomic E-state index is 12.6. The highest BCUT2D eigenvalue weighted by atomic mass is 35.5. The summed E-state index contributed by atoms with van der Waals surface area (Å²) in [5, 5.41) is 10.1. The Bertz CT molecular complexity index is 929. The Balaban J connectivity index is 1.84. The molecule has 0 unspecified atom stereocenters. The number of rotatable bonds is 4. The van der Waals surface area contributed by atoms with Gasteiger partial charge < -0.3 is 9.84 Å².